The molecule has 0 aliphatic heterocycles. The Balaban J connectivity index is 2.90. The van der Waals surface area contributed by atoms with Gasteiger partial charge in [0, 0.05) is 10.5 Å². The van der Waals surface area contributed by atoms with Crippen LogP contribution in [0.15, 0.2) is 22.7 Å². The van der Waals surface area contributed by atoms with E-state index in [1.54, 1.807) is 12.1 Å². The fourth-order valence-electron chi connectivity index (χ4n) is 1.89. The van der Waals surface area contributed by atoms with Gasteiger partial charge in [-0.05, 0) is 49.1 Å². The minimum atomic E-state index is -0.171. The molecule has 1 atom stereocenters. The maximum Gasteiger partial charge on any atom is 0.123 e. The van der Waals surface area contributed by atoms with Crippen LogP contribution in [0, 0.1) is 11.7 Å². The Bertz CT molecular complexity index is 352. The summed E-state index contributed by atoms with van der Waals surface area (Å²) in [6, 6.07) is 5.12. The Labute approximate surface area is 112 Å². The lowest BCUT2D eigenvalue weighted by atomic mass is 9.97. The normalized spacial score (nSPS) is 13.1. The zero-order valence-corrected chi connectivity index (χ0v) is 12.3. The zero-order valence-electron chi connectivity index (χ0n) is 10.8. The summed E-state index contributed by atoms with van der Waals surface area (Å²) in [7, 11) is 0. The van der Waals surface area contributed by atoms with Crippen LogP contribution >= 0.6 is 15.9 Å². The number of nitrogens with one attached hydrogen (secondary N) is 1. The molecule has 0 bridgehead atoms. The van der Waals surface area contributed by atoms with Crippen LogP contribution in [-0.4, -0.2) is 6.54 Å². The van der Waals surface area contributed by atoms with E-state index in [0.717, 1.165) is 29.4 Å². The number of rotatable bonds is 6. The molecule has 96 valence electrons. The second-order valence-electron chi connectivity index (χ2n) is 4.80. The largest absolute Gasteiger partial charge is 0.310 e. The third-order valence-corrected chi connectivity index (χ3v) is 3.40. The van der Waals surface area contributed by atoms with Gasteiger partial charge >= 0.3 is 0 Å². The molecule has 1 aromatic rings. The topological polar surface area (TPSA) is 12.0 Å². The Kier molecular flexibility index (Phi) is 6.14. The van der Waals surface area contributed by atoms with Crippen LogP contribution in [0.2, 0.25) is 0 Å². The van der Waals surface area contributed by atoms with E-state index in [1.807, 2.05) is 0 Å². The predicted octanol–water partition coefficient (Wildman–Crippen LogP) is 4.68. The molecule has 17 heavy (non-hydrogen) atoms. The van der Waals surface area contributed by atoms with Crippen LogP contribution in [0.25, 0.3) is 0 Å². The van der Waals surface area contributed by atoms with Gasteiger partial charge in [-0.3, -0.25) is 0 Å². The zero-order chi connectivity index (χ0) is 12.8. The molecule has 0 spiro atoms. The van der Waals surface area contributed by atoms with Crippen molar-refractivity contribution in [3.05, 3.63) is 34.1 Å². The SMILES string of the molecule is CCCNC(CC(C)C)c1cc(F)ccc1Br. The van der Waals surface area contributed by atoms with Gasteiger partial charge in [-0.2, -0.15) is 0 Å². The number of hydrogen-bond acceptors (Lipinski definition) is 1. The monoisotopic (exact) mass is 301 g/mol. The molecule has 0 heterocycles. The maximum atomic E-state index is 13.3. The van der Waals surface area contributed by atoms with E-state index >= 15 is 0 Å². The quantitative estimate of drug-likeness (QED) is 0.805. The summed E-state index contributed by atoms with van der Waals surface area (Å²) in [6.45, 7) is 7.47. The second-order valence-corrected chi connectivity index (χ2v) is 5.66. The minimum absolute atomic E-state index is 0.171. The molecule has 0 saturated carbocycles. The molecule has 0 radical (unpaired) electrons. The first kappa shape index (κ1) is 14.7. The van der Waals surface area contributed by atoms with Crippen molar-refractivity contribution in [1.82, 2.24) is 5.32 Å². The highest BCUT2D eigenvalue weighted by atomic mass is 79.9. The van der Waals surface area contributed by atoms with Crippen molar-refractivity contribution >= 4 is 15.9 Å². The van der Waals surface area contributed by atoms with Gasteiger partial charge in [-0.25, -0.2) is 4.39 Å². The van der Waals surface area contributed by atoms with Gasteiger partial charge in [-0.15, -0.1) is 0 Å². The summed E-state index contributed by atoms with van der Waals surface area (Å²) < 4.78 is 14.3. The Morgan fingerprint density at radius 2 is 2.06 bits per heavy atom. The Hall–Kier alpha value is -0.410. The van der Waals surface area contributed by atoms with Crippen LogP contribution in [0.3, 0.4) is 0 Å². The molecule has 1 nitrogen and oxygen atoms in total. The van der Waals surface area contributed by atoms with Gasteiger partial charge in [0.05, 0.1) is 0 Å². The summed E-state index contributed by atoms with van der Waals surface area (Å²) in [6.07, 6.45) is 2.10. The van der Waals surface area contributed by atoms with Crippen molar-refractivity contribution in [1.29, 1.82) is 0 Å². The molecule has 1 unspecified atom stereocenters. The van der Waals surface area contributed by atoms with Crippen LogP contribution in [0.4, 0.5) is 4.39 Å². The highest BCUT2D eigenvalue weighted by molar-refractivity contribution is 9.10. The molecule has 1 rings (SSSR count). The van der Waals surface area contributed by atoms with Crippen LogP contribution in [0.1, 0.15) is 45.2 Å². The van der Waals surface area contributed by atoms with Crippen LogP contribution in [0.5, 0.6) is 0 Å². The van der Waals surface area contributed by atoms with Crippen molar-refractivity contribution in [2.75, 3.05) is 6.54 Å². The lowest BCUT2D eigenvalue weighted by molar-refractivity contribution is 0.427. The number of hydrogen-bond donors (Lipinski definition) is 1. The summed E-state index contributed by atoms with van der Waals surface area (Å²) in [5, 5.41) is 3.49. The van der Waals surface area contributed by atoms with Gasteiger partial charge < -0.3 is 5.32 Å². The van der Waals surface area contributed by atoms with E-state index in [9.17, 15) is 4.39 Å². The molecule has 3 heteroatoms. The van der Waals surface area contributed by atoms with Crippen LogP contribution in [-0.2, 0) is 0 Å². The van der Waals surface area contributed by atoms with Gasteiger partial charge in [-0.1, -0.05) is 36.7 Å². The maximum absolute atomic E-state index is 13.3. The van der Waals surface area contributed by atoms with E-state index < -0.39 is 0 Å². The smallest absolute Gasteiger partial charge is 0.123 e. The number of halogens is 2. The molecule has 0 aliphatic rings. The standard InChI is InChI=1S/C14H21BrFN/c1-4-7-17-14(8-10(2)3)12-9-11(16)5-6-13(12)15/h5-6,9-10,14,17H,4,7-8H2,1-3H3. The van der Waals surface area contributed by atoms with Crippen molar-refractivity contribution in [3.63, 3.8) is 0 Å². The first-order valence-corrected chi connectivity index (χ1v) is 7.02. The molecular formula is C14H21BrFN. The first-order valence-electron chi connectivity index (χ1n) is 6.23. The third kappa shape index (κ3) is 4.76. The van der Waals surface area contributed by atoms with E-state index in [2.05, 4.69) is 42.0 Å². The molecule has 1 aromatic carbocycles. The Morgan fingerprint density at radius 3 is 2.65 bits per heavy atom. The molecule has 1 N–H and O–H groups in total. The van der Waals surface area contributed by atoms with Crippen LogP contribution < -0.4 is 5.32 Å². The third-order valence-electron chi connectivity index (χ3n) is 2.68. The summed E-state index contributed by atoms with van der Waals surface area (Å²) in [5.74, 6) is 0.412. The molecule has 0 aliphatic carbocycles. The fraction of sp³-hybridized carbons (Fsp3) is 0.571. The molecule has 0 fully saturated rings. The number of benzene rings is 1. The molecule has 0 saturated heterocycles. The summed E-state index contributed by atoms with van der Waals surface area (Å²) >= 11 is 3.51. The van der Waals surface area contributed by atoms with E-state index in [-0.39, 0.29) is 11.9 Å². The first-order chi connectivity index (χ1) is 8.04. The van der Waals surface area contributed by atoms with Gasteiger partial charge in [0.15, 0.2) is 0 Å². The molecule has 0 amide bonds. The summed E-state index contributed by atoms with van der Waals surface area (Å²) in [5.41, 5.74) is 1.02. The average Bonchev–Trinajstić information content (AvgIpc) is 2.27. The predicted molar refractivity (Wildman–Crippen MR) is 74.6 cm³/mol. The highest BCUT2D eigenvalue weighted by Crippen LogP contribution is 2.28. The molecule has 0 aromatic heterocycles. The minimum Gasteiger partial charge on any atom is -0.310 e. The fourth-order valence-corrected chi connectivity index (χ4v) is 2.41. The van der Waals surface area contributed by atoms with E-state index in [4.69, 9.17) is 0 Å². The lowest BCUT2D eigenvalue weighted by Crippen LogP contribution is -2.24. The molecular weight excluding hydrogens is 281 g/mol. The van der Waals surface area contributed by atoms with Gasteiger partial charge in [0.2, 0.25) is 0 Å². The van der Waals surface area contributed by atoms with Gasteiger partial charge in [0.25, 0.3) is 0 Å². The Morgan fingerprint density at radius 1 is 1.35 bits per heavy atom. The lowest BCUT2D eigenvalue weighted by Gasteiger charge is -2.22. The second kappa shape index (κ2) is 7.12. The van der Waals surface area contributed by atoms with Crippen molar-refractivity contribution in [2.45, 2.75) is 39.7 Å². The van der Waals surface area contributed by atoms with Crippen molar-refractivity contribution in [2.24, 2.45) is 5.92 Å². The summed E-state index contributed by atoms with van der Waals surface area (Å²) in [4.78, 5) is 0. The van der Waals surface area contributed by atoms with E-state index in [1.165, 1.54) is 6.07 Å². The average molecular weight is 302 g/mol. The van der Waals surface area contributed by atoms with Crippen molar-refractivity contribution in [3.8, 4) is 0 Å². The van der Waals surface area contributed by atoms with Crippen molar-refractivity contribution < 1.29 is 4.39 Å². The van der Waals surface area contributed by atoms with E-state index in [0.29, 0.717) is 5.92 Å². The highest BCUT2D eigenvalue weighted by Gasteiger charge is 2.16. The van der Waals surface area contributed by atoms with Gasteiger partial charge in [0.1, 0.15) is 5.82 Å².